The molecule has 0 saturated carbocycles. The zero-order valence-electron chi connectivity index (χ0n) is 20.8. The minimum atomic E-state index is -0.539. The fourth-order valence-electron chi connectivity index (χ4n) is 4.58. The number of hydrogen-bond acceptors (Lipinski definition) is 7. The van der Waals surface area contributed by atoms with Crippen LogP contribution < -0.4 is 29.2 Å². The zero-order valence-corrected chi connectivity index (χ0v) is 21.6. The van der Waals surface area contributed by atoms with E-state index < -0.39 is 12.0 Å². The number of nitrogens with one attached hydrogen (secondary N) is 1. The van der Waals surface area contributed by atoms with Crippen LogP contribution in [0.5, 0.6) is 23.0 Å². The lowest BCUT2D eigenvalue weighted by molar-refractivity contribution is -0.129. The van der Waals surface area contributed by atoms with E-state index in [4.69, 9.17) is 18.9 Å². The van der Waals surface area contributed by atoms with Crippen molar-refractivity contribution < 1.29 is 28.5 Å². The Balaban J connectivity index is 1.77. The number of rotatable bonds is 9. The number of amides is 2. The van der Waals surface area contributed by atoms with Crippen molar-refractivity contribution in [1.82, 2.24) is 5.32 Å². The second-order valence-electron chi connectivity index (χ2n) is 8.31. The van der Waals surface area contributed by atoms with Crippen LogP contribution in [0, 0.1) is 5.92 Å². The quantitative estimate of drug-likeness (QED) is 0.453. The highest BCUT2D eigenvalue weighted by molar-refractivity contribution is 7.09. The first-order valence-corrected chi connectivity index (χ1v) is 12.4. The molecule has 2 amide bonds. The van der Waals surface area contributed by atoms with Crippen molar-refractivity contribution in [3.8, 4) is 23.0 Å². The Labute approximate surface area is 214 Å². The summed E-state index contributed by atoms with van der Waals surface area (Å²) >= 11 is 1.59. The third kappa shape index (κ3) is 5.11. The molecule has 4 rings (SSSR count). The molecule has 0 radical (unpaired) electrons. The van der Waals surface area contributed by atoms with E-state index in [0.717, 1.165) is 10.4 Å². The fraction of sp³-hybridized carbons (Fsp3) is 0.333. The number of nitrogens with zero attached hydrogens (tertiary/aromatic N) is 1. The standard InChI is InChI=1S/C27H30N2O6S/c1-32-19-9-7-17(8-10-19)25-21(27(31)28-16-20-6-5-13-36-20)11-12-24(30)29(25)18-14-22(33-2)26(35-4)23(15-18)34-3/h5-10,13-15,21,25H,11-12,16H2,1-4H3,(H,28,31)/t21-,25-/m0/s1. The van der Waals surface area contributed by atoms with E-state index in [9.17, 15) is 9.59 Å². The van der Waals surface area contributed by atoms with E-state index in [1.807, 2.05) is 41.8 Å². The molecule has 1 saturated heterocycles. The molecule has 3 aromatic rings. The summed E-state index contributed by atoms with van der Waals surface area (Å²) in [6.45, 7) is 0.445. The molecule has 2 aromatic carbocycles. The maximum absolute atomic E-state index is 13.5. The number of thiophene rings is 1. The Morgan fingerprint density at radius 3 is 2.25 bits per heavy atom. The first-order chi connectivity index (χ1) is 17.5. The maximum atomic E-state index is 13.5. The second kappa shape index (κ2) is 11.3. The van der Waals surface area contributed by atoms with Crippen molar-refractivity contribution in [3.05, 3.63) is 64.4 Å². The van der Waals surface area contributed by atoms with Crippen LogP contribution in [-0.4, -0.2) is 40.3 Å². The van der Waals surface area contributed by atoms with E-state index in [2.05, 4.69) is 5.32 Å². The summed E-state index contributed by atoms with van der Waals surface area (Å²) in [6.07, 6.45) is 0.674. The number of carbonyl (C=O) groups excluding carboxylic acids is 2. The molecule has 0 spiro atoms. The molecule has 1 aromatic heterocycles. The molecule has 1 aliphatic heterocycles. The second-order valence-corrected chi connectivity index (χ2v) is 9.34. The van der Waals surface area contributed by atoms with Gasteiger partial charge >= 0.3 is 0 Å². The number of carbonyl (C=O) groups is 2. The molecular weight excluding hydrogens is 480 g/mol. The summed E-state index contributed by atoms with van der Waals surface area (Å²) in [5.41, 5.74) is 1.39. The smallest absolute Gasteiger partial charge is 0.227 e. The van der Waals surface area contributed by atoms with Crippen molar-refractivity contribution in [2.45, 2.75) is 25.4 Å². The Morgan fingerprint density at radius 2 is 1.69 bits per heavy atom. The average Bonchev–Trinajstić information content (AvgIpc) is 3.44. The van der Waals surface area contributed by atoms with Crippen LogP contribution in [0.4, 0.5) is 5.69 Å². The van der Waals surface area contributed by atoms with Crippen LogP contribution in [0.1, 0.15) is 29.3 Å². The SMILES string of the molecule is COc1ccc([C@H]2[C@@H](C(=O)NCc3cccs3)CCC(=O)N2c2cc(OC)c(OC)c(OC)c2)cc1. The van der Waals surface area contributed by atoms with E-state index in [1.165, 1.54) is 21.3 Å². The van der Waals surface area contributed by atoms with Gasteiger partial charge in [0.15, 0.2) is 11.5 Å². The number of hydrogen-bond donors (Lipinski definition) is 1. The van der Waals surface area contributed by atoms with Gasteiger partial charge in [-0.3, -0.25) is 9.59 Å². The van der Waals surface area contributed by atoms with Gasteiger partial charge in [0.2, 0.25) is 17.6 Å². The topological polar surface area (TPSA) is 86.3 Å². The zero-order chi connectivity index (χ0) is 25.7. The first kappa shape index (κ1) is 25.4. The molecule has 0 bridgehead atoms. The highest BCUT2D eigenvalue weighted by Gasteiger charge is 2.42. The van der Waals surface area contributed by atoms with Crippen molar-refractivity contribution >= 4 is 28.8 Å². The molecular formula is C27H30N2O6S. The Kier molecular flexibility index (Phi) is 8.00. The van der Waals surface area contributed by atoms with Crippen molar-refractivity contribution in [2.75, 3.05) is 33.3 Å². The van der Waals surface area contributed by atoms with E-state index in [-0.39, 0.29) is 18.2 Å². The van der Waals surface area contributed by atoms with Gasteiger partial charge in [-0.15, -0.1) is 11.3 Å². The number of ether oxygens (including phenoxy) is 4. The monoisotopic (exact) mass is 510 g/mol. The van der Waals surface area contributed by atoms with Crippen LogP contribution in [0.2, 0.25) is 0 Å². The minimum Gasteiger partial charge on any atom is -0.497 e. The molecule has 1 N–H and O–H groups in total. The molecule has 0 unspecified atom stereocenters. The molecule has 1 aliphatic rings. The summed E-state index contributed by atoms with van der Waals surface area (Å²) in [5.74, 6) is 1.32. The minimum absolute atomic E-state index is 0.0904. The van der Waals surface area contributed by atoms with Gasteiger partial charge in [-0.05, 0) is 35.6 Å². The lowest BCUT2D eigenvalue weighted by Crippen LogP contribution is -2.48. The number of benzene rings is 2. The van der Waals surface area contributed by atoms with Gasteiger partial charge in [0.05, 0.1) is 52.6 Å². The third-order valence-corrected chi connectivity index (χ3v) is 7.21. The van der Waals surface area contributed by atoms with Crippen molar-refractivity contribution in [2.24, 2.45) is 5.92 Å². The lowest BCUT2D eigenvalue weighted by Gasteiger charge is -2.41. The summed E-state index contributed by atoms with van der Waals surface area (Å²) in [6, 6.07) is 14.3. The van der Waals surface area contributed by atoms with E-state index >= 15 is 0 Å². The number of methoxy groups -OCH3 is 4. The molecule has 190 valence electrons. The van der Waals surface area contributed by atoms with Crippen LogP contribution in [0.15, 0.2) is 53.9 Å². The van der Waals surface area contributed by atoms with Gasteiger partial charge in [-0.2, -0.15) is 0 Å². The van der Waals surface area contributed by atoms with Crippen molar-refractivity contribution in [3.63, 3.8) is 0 Å². The van der Waals surface area contributed by atoms with Crippen LogP contribution in [0.3, 0.4) is 0 Å². The molecule has 8 nitrogen and oxygen atoms in total. The first-order valence-electron chi connectivity index (χ1n) is 11.6. The normalized spacial score (nSPS) is 17.4. The Morgan fingerprint density at radius 1 is 1.00 bits per heavy atom. The van der Waals surface area contributed by atoms with E-state index in [1.54, 1.807) is 35.5 Å². The third-order valence-electron chi connectivity index (χ3n) is 6.34. The van der Waals surface area contributed by atoms with Crippen LogP contribution in [-0.2, 0) is 16.1 Å². The van der Waals surface area contributed by atoms with E-state index in [0.29, 0.717) is 41.7 Å². The molecule has 2 atom stereocenters. The van der Waals surface area contributed by atoms with Gasteiger partial charge in [-0.25, -0.2) is 0 Å². The lowest BCUT2D eigenvalue weighted by atomic mass is 9.83. The van der Waals surface area contributed by atoms with Gasteiger partial charge in [-0.1, -0.05) is 18.2 Å². The fourth-order valence-corrected chi connectivity index (χ4v) is 5.22. The predicted octanol–water partition coefficient (Wildman–Crippen LogP) is 4.58. The highest BCUT2D eigenvalue weighted by atomic mass is 32.1. The van der Waals surface area contributed by atoms with Crippen molar-refractivity contribution in [1.29, 1.82) is 0 Å². The van der Waals surface area contributed by atoms with Crippen LogP contribution >= 0.6 is 11.3 Å². The highest BCUT2D eigenvalue weighted by Crippen LogP contribution is 2.46. The summed E-state index contributed by atoms with van der Waals surface area (Å²) in [5, 5.41) is 5.05. The van der Waals surface area contributed by atoms with Crippen LogP contribution in [0.25, 0.3) is 0 Å². The number of anilines is 1. The Bertz CT molecular complexity index is 1170. The Hall–Kier alpha value is -3.72. The van der Waals surface area contributed by atoms with Gasteiger partial charge < -0.3 is 29.2 Å². The van der Waals surface area contributed by atoms with Gasteiger partial charge in [0.25, 0.3) is 0 Å². The molecule has 0 aliphatic carbocycles. The maximum Gasteiger partial charge on any atom is 0.227 e. The summed E-state index contributed by atoms with van der Waals surface area (Å²) < 4.78 is 21.9. The molecule has 9 heteroatoms. The number of piperidine rings is 1. The molecule has 1 fully saturated rings. The predicted molar refractivity (Wildman–Crippen MR) is 138 cm³/mol. The largest absolute Gasteiger partial charge is 0.497 e. The molecule has 2 heterocycles. The molecule has 36 heavy (non-hydrogen) atoms. The summed E-state index contributed by atoms with van der Waals surface area (Å²) in [7, 11) is 6.18. The average molecular weight is 511 g/mol. The summed E-state index contributed by atoms with van der Waals surface area (Å²) in [4.78, 5) is 29.7. The van der Waals surface area contributed by atoms with Gasteiger partial charge in [0.1, 0.15) is 5.75 Å². The van der Waals surface area contributed by atoms with Gasteiger partial charge in [0, 0.05) is 23.4 Å².